The van der Waals surface area contributed by atoms with Gasteiger partial charge in [0.15, 0.2) is 5.41 Å². The fraction of sp³-hybridized carbons (Fsp3) is 0.333. The first-order valence-electron chi connectivity index (χ1n) is 11.5. The first-order valence-corrected chi connectivity index (χ1v) is 11.5. The van der Waals surface area contributed by atoms with E-state index in [1.807, 2.05) is 26.0 Å². The van der Waals surface area contributed by atoms with Crippen LogP contribution < -0.4 is 9.80 Å². The minimum absolute atomic E-state index is 0.343. The molecule has 8 nitrogen and oxygen atoms in total. The number of anilines is 2. The third-order valence-corrected chi connectivity index (χ3v) is 6.97. The average molecular weight is 469 g/mol. The fourth-order valence-electron chi connectivity index (χ4n) is 4.86. The van der Waals surface area contributed by atoms with E-state index in [0.29, 0.717) is 11.4 Å². The summed E-state index contributed by atoms with van der Waals surface area (Å²) in [6.45, 7) is 3.96. The molecule has 2 fully saturated rings. The average Bonchev–Trinajstić information content (AvgIpc) is 3.35. The zero-order valence-corrected chi connectivity index (χ0v) is 19.5. The van der Waals surface area contributed by atoms with Crippen molar-refractivity contribution >= 4 is 35.0 Å². The van der Waals surface area contributed by atoms with Crippen molar-refractivity contribution in [2.24, 2.45) is 17.3 Å². The highest BCUT2D eigenvalue weighted by atomic mass is 16.2. The highest BCUT2D eigenvalue weighted by Gasteiger charge is 2.62. The van der Waals surface area contributed by atoms with Gasteiger partial charge in [0.1, 0.15) is 0 Å². The monoisotopic (exact) mass is 468 g/mol. The third kappa shape index (κ3) is 3.77. The van der Waals surface area contributed by atoms with Gasteiger partial charge in [-0.1, -0.05) is 38.1 Å². The molecule has 2 aliphatic heterocycles. The van der Waals surface area contributed by atoms with Gasteiger partial charge in [-0.2, -0.15) is 10.5 Å². The fourth-order valence-corrected chi connectivity index (χ4v) is 4.86. The van der Waals surface area contributed by atoms with Gasteiger partial charge in [-0.3, -0.25) is 29.0 Å². The van der Waals surface area contributed by atoms with Crippen LogP contribution in [-0.4, -0.2) is 23.6 Å². The molecule has 0 aromatic heterocycles. The molecule has 0 bridgehead atoms. The van der Waals surface area contributed by atoms with E-state index in [-0.39, 0.29) is 0 Å². The maximum Gasteiger partial charge on any atom is 0.240 e. The largest absolute Gasteiger partial charge is 0.274 e. The number of imide groups is 2. The molecule has 0 aliphatic carbocycles. The number of benzene rings is 2. The Kier molecular flexibility index (Phi) is 6.24. The molecule has 2 saturated heterocycles. The molecule has 0 spiro atoms. The SMILES string of the molecule is CCc1ccc(N2C(=O)C[C@@H](C(C#N)(C#N)[C@@H]3CC(=O)N(c4ccc(CC)cc4)C3=O)C2=O)cc1. The maximum absolute atomic E-state index is 13.4. The van der Waals surface area contributed by atoms with E-state index in [0.717, 1.165) is 33.8 Å². The first-order chi connectivity index (χ1) is 16.8. The third-order valence-electron chi connectivity index (χ3n) is 6.97. The summed E-state index contributed by atoms with van der Waals surface area (Å²) in [5.41, 5.74) is 0.576. The number of aryl methyl sites for hydroxylation is 2. The van der Waals surface area contributed by atoms with Gasteiger partial charge >= 0.3 is 0 Å². The van der Waals surface area contributed by atoms with Crippen molar-refractivity contribution in [1.29, 1.82) is 10.5 Å². The molecule has 4 amide bonds. The van der Waals surface area contributed by atoms with Crippen molar-refractivity contribution in [3.63, 3.8) is 0 Å². The lowest BCUT2D eigenvalue weighted by atomic mass is 9.67. The molecular formula is C27H24N4O4. The van der Waals surface area contributed by atoms with E-state index in [2.05, 4.69) is 0 Å². The van der Waals surface area contributed by atoms with Gasteiger partial charge in [-0.25, -0.2) is 0 Å². The van der Waals surface area contributed by atoms with E-state index in [9.17, 15) is 29.7 Å². The highest BCUT2D eigenvalue weighted by Crippen LogP contribution is 2.47. The van der Waals surface area contributed by atoms with E-state index >= 15 is 0 Å². The summed E-state index contributed by atoms with van der Waals surface area (Å²) in [6, 6.07) is 17.5. The second-order valence-corrected chi connectivity index (χ2v) is 8.78. The van der Waals surface area contributed by atoms with Crippen molar-refractivity contribution in [2.45, 2.75) is 39.5 Å². The van der Waals surface area contributed by atoms with Crippen molar-refractivity contribution in [3.05, 3.63) is 59.7 Å². The van der Waals surface area contributed by atoms with E-state index in [1.54, 1.807) is 48.5 Å². The molecule has 0 radical (unpaired) electrons. The Bertz CT molecular complexity index is 1180. The van der Waals surface area contributed by atoms with Gasteiger partial charge in [0, 0.05) is 12.8 Å². The van der Waals surface area contributed by atoms with Crippen molar-refractivity contribution < 1.29 is 19.2 Å². The topological polar surface area (TPSA) is 122 Å². The smallest absolute Gasteiger partial charge is 0.240 e. The number of nitriles is 2. The van der Waals surface area contributed by atoms with Crippen LogP contribution in [0.15, 0.2) is 48.5 Å². The molecule has 0 unspecified atom stereocenters. The van der Waals surface area contributed by atoms with Crippen LogP contribution >= 0.6 is 0 Å². The molecule has 2 heterocycles. The number of hydrogen-bond acceptors (Lipinski definition) is 6. The Balaban J connectivity index is 1.68. The summed E-state index contributed by atoms with van der Waals surface area (Å²) in [7, 11) is 0. The Labute approximate surface area is 203 Å². The van der Waals surface area contributed by atoms with Gasteiger partial charge in [0.2, 0.25) is 23.6 Å². The minimum Gasteiger partial charge on any atom is -0.274 e. The van der Waals surface area contributed by atoms with E-state index in [4.69, 9.17) is 0 Å². The standard InChI is InChI=1S/C27H24N4O4/c1-3-17-5-9-19(10-6-17)30-23(32)13-21(25(30)34)27(15-28,16-29)22-14-24(33)31(26(22)35)20-11-7-18(4-2)8-12-20/h5-12,21-22H,3-4,13-14H2,1-2H3/t21-,22-/m1/s1. The Morgan fingerprint density at radius 3 is 1.34 bits per heavy atom. The van der Waals surface area contributed by atoms with Gasteiger partial charge in [-0.15, -0.1) is 0 Å². The summed E-state index contributed by atoms with van der Waals surface area (Å²) < 4.78 is 0. The second kappa shape index (κ2) is 9.15. The normalized spacial score (nSPS) is 20.3. The number of hydrogen-bond donors (Lipinski definition) is 0. The molecule has 8 heteroatoms. The summed E-state index contributed by atoms with van der Waals surface area (Å²) in [5, 5.41) is 20.2. The lowest BCUT2D eigenvalue weighted by Crippen LogP contribution is -2.44. The summed E-state index contributed by atoms with van der Waals surface area (Å²) in [6.07, 6.45) is 0.788. The minimum atomic E-state index is -2.16. The zero-order chi connectivity index (χ0) is 25.3. The molecule has 2 aliphatic rings. The zero-order valence-electron chi connectivity index (χ0n) is 19.5. The van der Waals surface area contributed by atoms with Crippen LogP contribution in [0.2, 0.25) is 0 Å². The molecule has 35 heavy (non-hydrogen) atoms. The lowest BCUT2D eigenvalue weighted by Gasteiger charge is -2.28. The van der Waals surface area contributed by atoms with Crippen LogP contribution in [-0.2, 0) is 32.0 Å². The predicted octanol–water partition coefficient (Wildman–Crippen LogP) is 3.30. The van der Waals surface area contributed by atoms with Crippen LogP contribution in [0.1, 0.15) is 37.8 Å². The lowest BCUT2D eigenvalue weighted by molar-refractivity contribution is -0.126. The summed E-state index contributed by atoms with van der Waals surface area (Å²) >= 11 is 0. The highest BCUT2D eigenvalue weighted by molar-refractivity contribution is 6.24. The number of nitrogens with zero attached hydrogens (tertiary/aromatic N) is 4. The van der Waals surface area contributed by atoms with Crippen LogP contribution in [0, 0.1) is 39.9 Å². The van der Waals surface area contributed by atoms with Crippen LogP contribution in [0.4, 0.5) is 11.4 Å². The van der Waals surface area contributed by atoms with Gasteiger partial charge in [0.25, 0.3) is 0 Å². The summed E-state index contributed by atoms with van der Waals surface area (Å²) in [4.78, 5) is 54.4. The molecule has 2 atom stereocenters. The van der Waals surface area contributed by atoms with Crippen LogP contribution in [0.3, 0.4) is 0 Å². The quantitative estimate of drug-likeness (QED) is 0.600. The van der Waals surface area contributed by atoms with Crippen molar-refractivity contribution in [2.75, 3.05) is 9.80 Å². The molecule has 4 rings (SSSR count). The molecule has 2 aromatic carbocycles. The molecule has 2 aromatic rings. The predicted molar refractivity (Wildman–Crippen MR) is 126 cm³/mol. The number of carbonyl (C=O) groups excluding carboxylic acids is 4. The van der Waals surface area contributed by atoms with Crippen LogP contribution in [0.25, 0.3) is 0 Å². The summed E-state index contributed by atoms with van der Waals surface area (Å²) in [5.74, 6) is -5.26. The number of rotatable bonds is 6. The van der Waals surface area contributed by atoms with Crippen LogP contribution in [0.5, 0.6) is 0 Å². The maximum atomic E-state index is 13.4. The second-order valence-electron chi connectivity index (χ2n) is 8.78. The number of carbonyl (C=O) groups is 4. The van der Waals surface area contributed by atoms with Crippen molar-refractivity contribution in [1.82, 2.24) is 0 Å². The first kappa shape index (κ1) is 23.8. The van der Waals surface area contributed by atoms with Crippen molar-refractivity contribution in [3.8, 4) is 12.1 Å². The van der Waals surface area contributed by atoms with Gasteiger partial charge in [-0.05, 0) is 48.2 Å². The molecule has 0 N–H and O–H groups in total. The Hall–Kier alpha value is -4.30. The van der Waals surface area contributed by atoms with E-state index < -0.39 is 53.7 Å². The number of amides is 4. The van der Waals surface area contributed by atoms with Gasteiger partial charge < -0.3 is 0 Å². The molecule has 176 valence electrons. The Morgan fingerprint density at radius 2 is 1.06 bits per heavy atom. The van der Waals surface area contributed by atoms with Gasteiger partial charge in [0.05, 0.1) is 35.3 Å². The molecule has 0 saturated carbocycles. The molecular weight excluding hydrogens is 444 g/mol. The van der Waals surface area contributed by atoms with E-state index in [1.165, 1.54) is 0 Å². The Morgan fingerprint density at radius 1 is 0.714 bits per heavy atom.